The number of hydrogen-bond donors (Lipinski definition) is 0. The van der Waals surface area contributed by atoms with E-state index in [1.807, 2.05) is 13.1 Å². The van der Waals surface area contributed by atoms with E-state index in [9.17, 15) is 0 Å². The van der Waals surface area contributed by atoms with Gasteiger partial charge in [-0.2, -0.15) is 0 Å². The molecule has 0 radical (unpaired) electrons. The van der Waals surface area contributed by atoms with Crippen LogP contribution in [0.1, 0.15) is 37.7 Å². The zero-order chi connectivity index (χ0) is 12.4. The van der Waals surface area contributed by atoms with E-state index in [4.69, 9.17) is 11.6 Å². The molecule has 0 N–H and O–H groups in total. The molecule has 0 saturated carbocycles. The number of fused-ring (bicyclic) bond motifs is 1. The molecule has 92 valence electrons. The van der Waals surface area contributed by atoms with Gasteiger partial charge in [0.2, 0.25) is 0 Å². The number of aryl methyl sites for hydroxylation is 2. The third kappa shape index (κ3) is 2.29. The summed E-state index contributed by atoms with van der Waals surface area (Å²) in [4.78, 5) is 9.16. The molecular formula is C13H18ClN3. The first-order valence-corrected chi connectivity index (χ1v) is 6.60. The molecule has 4 heteroatoms. The molecule has 1 unspecified atom stereocenters. The van der Waals surface area contributed by atoms with Crippen LogP contribution < -0.4 is 0 Å². The fourth-order valence-corrected chi connectivity index (χ4v) is 2.21. The minimum Gasteiger partial charge on any atom is -0.310 e. The van der Waals surface area contributed by atoms with E-state index in [0.29, 0.717) is 11.9 Å². The Labute approximate surface area is 107 Å². The van der Waals surface area contributed by atoms with E-state index in [-0.39, 0.29) is 0 Å². The molecule has 0 aromatic carbocycles. The Morgan fingerprint density at radius 2 is 2.24 bits per heavy atom. The van der Waals surface area contributed by atoms with Crippen molar-refractivity contribution in [2.24, 2.45) is 0 Å². The molecule has 17 heavy (non-hydrogen) atoms. The Hall–Kier alpha value is -1.09. The second kappa shape index (κ2) is 5.05. The third-order valence-electron chi connectivity index (χ3n) is 3.09. The standard InChI is InChI=1S/C13H18ClN3/c1-4-10(3)17-12(5-6-14)16-11-7-9(2)8-15-13(11)17/h7-8,10H,4-6H2,1-3H3. The lowest BCUT2D eigenvalue weighted by atomic mass is 10.2. The summed E-state index contributed by atoms with van der Waals surface area (Å²) in [5, 5.41) is 0. The molecular weight excluding hydrogens is 234 g/mol. The maximum absolute atomic E-state index is 5.84. The van der Waals surface area contributed by atoms with Crippen molar-refractivity contribution in [2.45, 2.75) is 39.7 Å². The van der Waals surface area contributed by atoms with Gasteiger partial charge in [0.15, 0.2) is 5.65 Å². The third-order valence-corrected chi connectivity index (χ3v) is 3.28. The Morgan fingerprint density at radius 3 is 2.88 bits per heavy atom. The number of aromatic nitrogens is 3. The lowest BCUT2D eigenvalue weighted by Crippen LogP contribution is -2.09. The minimum absolute atomic E-state index is 0.411. The van der Waals surface area contributed by atoms with Crippen molar-refractivity contribution < 1.29 is 0 Å². The van der Waals surface area contributed by atoms with Gasteiger partial charge in [-0.25, -0.2) is 9.97 Å². The number of rotatable bonds is 4. The van der Waals surface area contributed by atoms with E-state index in [1.54, 1.807) is 0 Å². The SMILES string of the molecule is CCC(C)n1c(CCCl)nc2cc(C)cnc21. The molecule has 2 aromatic heterocycles. The Morgan fingerprint density at radius 1 is 1.47 bits per heavy atom. The van der Waals surface area contributed by atoms with Crippen LogP contribution in [0, 0.1) is 6.92 Å². The number of imidazole rings is 1. The van der Waals surface area contributed by atoms with Crippen LogP contribution in [0.25, 0.3) is 11.2 Å². The first kappa shape index (κ1) is 12.4. The van der Waals surface area contributed by atoms with Gasteiger partial charge in [0.25, 0.3) is 0 Å². The largest absolute Gasteiger partial charge is 0.310 e. The molecule has 2 rings (SSSR count). The van der Waals surface area contributed by atoms with Crippen molar-refractivity contribution in [3.05, 3.63) is 23.7 Å². The first-order chi connectivity index (χ1) is 8.17. The molecule has 0 aliphatic rings. The Kier molecular flexibility index (Phi) is 3.67. The first-order valence-electron chi connectivity index (χ1n) is 6.06. The topological polar surface area (TPSA) is 30.7 Å². The van der Waals surface area contributed by atoms with Gasteiger partial charge < -0.3 is 4.57 Å². The summed E-state index contributed by atoms with van der Waals surface area (Å²) in [6, 6.07) is 2.49. The quantitative estimate of drug-likeness (QED) is 0.779. The highest BCUT2D eigenvalue weighted by atomic mass is 35.5. The summed E-state index contributed by atoms with van der Waals surface area (Å²) in [7, 11) is 0. The molecule has 2 aromatic rings. The minimum atomic E-state index is 0.411. The summed E-state index contributed by atoms with van der Waals surface area (Å²) in [6.45, 7) is 6.41. The second-order valence-electron chi connectivity index (χ2n) is 4.45. The van der Waals surface area contributed by atoms with Gasteiger partial charge in [-0.05, 0) is 31.9 Å². The molecule has 0 aliphatic carbocycles. The van der Waals surface area contributed by atoms with Crippen LogP contribution in [-0.2, 0) is 6.42 Å². The van der Waals surface area contributed by atoms with Crippen molar-refractivity contribution >= 4 is 22.8 Å². The Bertz CT molecular complexity index is 519. The molecule has 2 heterocycles. The molecule has 0 saturated heterocycles. The lowest BCUT2D eigenvalue weighted by Gasteiger charge is -2.14. The van der Waals surface area contributed by atoms with Crippen LogP contribution in [-0.4, -0.2) is 20.4 Å². The molecule has 0 fully saturated rings. The lowest BCUT2D eigenvalue weighted by molar-refractivity contribution is 0.521. The summed E-state index contributed by atoms with van der Waals surface area (Å²) in [5.41, 5.74) is 3.10. The fourth-order valence-electron chi connectivity index (χ4n) is 2.04. The highest BCUT2D eigenvalue weighted by Gasteiger charge is 2.15. The zero-order valence-electron chi connectivity index (χ0n) is 10.6. The van der Waals surface area contributed by atoms with Gasteiger partial charge in [-0.1, -0.05) is 6.92 Å². The predicted molar refractivity (Wildman–Crippen MR) is 71.7 cm³/mol. The monoisotopic (exact) mass is 251 g/mol. The van der Waals surface area contributed by atoms with Crippen LogP contribution >= 0.6 is 11.6 Å². The summed E-state index contributed by atoms with van der Waals surface area (Å²) >= 11 is 5.84. The normalized spacial score (nSPS) is 13.2. The van der Waals surface area contributed by atoms with Gasteiger partial charge in [-0.3, -0.25) is 0 Å². The van der Waals surface area contributed by atoms with Gasteiger partial charge >= 0.3 is 0 Å². The highest BCUT2D eigenvalue weighted by molar-refractivity contribution is 6.17. The highest BCUT2D eigenvalue weighted by Crippen LogP contribution is 2.22. The van der Waals surface area contributed by atoms with Gasteiger partial charge in [0.05, 0.1) is 0 Å². The molecule has 0 amide bonds. The predicted octanol–water partition coefficient (Wildman–Crippen LogP) is 3.49. The molecule has 3 nitrogen and oxygen atoms in total. The van der Waals surface area contributed by atoms with Gasteiger partial charge in [-0.15, -0.1) is 11.6 Å². The van der Waals surface area contributed by atoms with Crippen LogP contribution in [0.15, 0.2) is 12.3 Å². The van der Waals surface area contributed by atoms with E-state index in [1.165, 1.54) is 0 Å². The maximum Gasteiger partial charge on any atom is 0.160 e. The van der Waals surface area contributed by atoms with Crippen LogP contribution in [0.4, 0.5) is 0 Å². The van der Waals surface area contributed by atoms with Crippen molar-refractivity contribution in [2.75, 3.05) is 5.88 Å². The Balaban J connectivity index is 2.62. The number of hydrogen-bond acceptors (Lipinski definition) is 2. The summed E-state index contributed by atoms with van der Waals surface area (Å²) in [5.74, 6) is 1.64. The number of nitrogens with zero attached hydrogens (tertiary/aromatic N) is 3. The van der Waals surface area contributed by atoms with E-state index in [2.05, 4.69) is 34.4 Å². The zero-order valence-corrected chi connectivity index (χ0v) is 11.3. The van der Waals surface area contributed by atoms with Crippen LogP contribution in [0.2, 0.25) is 0 Å². The summed E-state index contributed by atoms with van der Waals surface area (Å²) < 4.78 is 2.22. The molecule has 0 spiro atoms. The van der Waals surface area contributed by atoms with Crippen molar-refractivity contribution in [3.8, 4) is 0 Å². The molecule has 0 aliphatic heterocycles. The van der Waals surface area contributed by atoms with E-state index >= 15 is 0 Å². The molecule has 1 atom stereocenters. The number of pyridine rings is 1. The second-order valence-corrected chi connectivity index (χ2v) is 4.83. The number of alkyl halides is 1. The van der Waals surface area contributed by atoms with Crippen LogP contribution in [0.5, 0.6) is 0 Å². The fraction of sp³-hybridized carbons (Fsp3) is 0.538. The number of halogens is 1. The van der Waals surface area contributed by atoms with Crippen molar-refractivity contribution in [3.63, 3.8) is 0 Å². The average Bonchev–Trinajstić information content (AvgIpc) is 2.65. The summed E-state index contributed by atoms with van der Waals surface area (Å²) in [6.07, 6.45) is 3.75. The average molecular weight is 252 g/mol. The maximum atomic E-state index is 5.84. The van der Waals surface area contributed by atoms with Crippen LogP contribution in [0.3, 0.4) is 0 Å². The van der Waals surface area contributed by atoms with Crippen molar-refractivity contribution in [1.82, 2.24) is 14.5 Å². The van der Waals surface area contributed by atoms with Gasteiger partial charge in [0.1, 0.15) is 11.3 Å². The molecule has 0 bridgehead atoms. The van der Waals surface area contributed by atoms with E-state index in [0.717, 1.165) is 35.4 Å². The van der Waals surface area contributed by atoms with E-state index < -0.39 is 0 Å². The smallest absolute Gasteiger partial charge is 0.160 e. The van der Waals surface area contributed by atoms with Gasteiger partial charge in [0, 0.05) is 24.5 Å². The van der Waals surface area contributed by atoms with Crippen molar-refractivity contribution in [1.29, 1.82) is 0 Å².